The van der Waals surface area contributed by atoms with Gasteiger partial charge in [0.15, 0.2) is 11.5 Å². The second-order valence-electron chi connectivity index (χ2n) is 7.35. The Hall–Kier alpha value is -3.38. The molecule has 2 aromatic carbocycles. The maximum absolute atomic E-state index is 12.9. The Bertz CT molecular complexity index is 1000. The lowest BCUT2D eigenvalue weighted by molar-refractivity contribution is 0.102. The molecule has 1 N–H and O–H groups in total. The summed E-state index contributed by atoms with van der Waals surface area (Å²) in [5.74, 6) is 0.956. The molecule has 0 radical (unpaired) electrons. The normalized spacial score (nSPS) is 10.8. The number of hydrogen-bond donors (Lipinski definition) is 1. The third-order valence-electron chi connectivity index (χ3n) is 5.13. The third kappa shape index (κ3) is 6.56. The minimum Gasteiger partial charge on any atom is -0.490 e. The van der Waals surface area contributed by atoms with E-state index >= 15 is 0 Å². The van der Waals surface area contributed by atoms with Crippen LogP contribution >= 0.6 is 0 Å². The highest BCUT2D eigenvalue weighted by molar-refractivity contribution is 6.04. The molecule has 6 nitrogen and oxygen atoms in total. The number of ether oxygens (including phenoxy) is 2. The summed E-state index contributed by atoms with van der Waals surface area (Å²) in [6, 6.07) is 17.0. The average Bonchev–Trinajstić information content (AvgIpc) is 2.82. The quantitative estimate of drug-likeness (QED) is 0.453. The van der Waals surface area contributed by atoms with E-state index in [2.05, 4.69) is 35.1 Å². The molecule has 1 amide bonds. The Balaban J connectivity index is 1.70. The van der Waals surface area contributed by atoms with E-state index in [0.29, 0.717) is 30.3 Å². The van der Waals surface area contributed by atoms with Gasteiger partial charge in [-0.15, -0.1) is 0 Å². The van der Waals surface area contributed by atoms with E-state index in [1.54, 1.807) is 30.6 Å². The van der Waals surface area contributed by atoms with Crippen molar-refractivity contribution in [3.8, 4) is 11.5 Å². The number of carbonyl (C=O) groups is 1. The van der Waals surface area contributed by atoms with Crippen LogP contribution in [0.4, 0.5) is 5.69 Å². The van der Waals surface area contributed by atoms with E-state index in [1.165, 1.54) is 5.56 Å². The van der Waals surface area contributed by atoms with E-state index in [4.69, 9.17) is 9.47 Å². The molecular formula is C26H31N3O3. The average molecular weight is 434 g/mol. The molecule has 3 aromatic rings. The predicted octanol–water partition coefficient (Wildman–Crippen LogP) is 5.15. The lowest BCUT2D eigenvalue weighted by atomic mass is 10.1. The molecular weight excluding hydrogens is 402 g/mol. The van der Waals surface area contributed by atoms with Gasteiger partial charge in [-0.1, -0.05) is 26.0 Å². The standard InChI is InChI=1S/C26H31N3O3/c1-4-29(5-2)18-21-8-7-9-23(16-21)28-26(30)22-10-11-24(25(17-22)31-6-3)32-19-20-12-14-27-15-13-20/h7-17H,4-6,18-19H2,1-3H3,(H,28,30). The zero-order chi connectivity index (χ0) is 22.8. The van der Waals surface area contributed by atoms with E-state index in [1.807, 2.05) is 37.3 Å². The molecule has 0 aliphatic heterocycles. The van der Waals surface area contributed by atoms with Gasteiger partial charge in [-0.25, -0.2) is 0 Å². The van der Waals surface area contributed by atoms with Gasteiger partial charge < -0.3 is 14.8 Å². The number of pyridine rings is 1. The summed E-state index contributed by atoms with van der Waals surface area (Å²) < 4.78 is 11.6. The van der Waals surface area contributed by atoms with Crippen molar-refractivity contribution < 1.29 is 14.3 Å². The second-order valence-corrected chi connectivity index (χ2v) is 7.35. The fraction of sp³-hybridized carbons (Fsp3) is 0.308. The fourth-order valence-corrected chi connectivity index (χ4v) is 3.33. The molecule has 0 saturated carbocycles. The van der Waals surface area contributed by atoms with Gasteiger partial charge in [-0.3, -0.25) is 14.7 Å². The highest BCUT2D eigenvalue weighted by atomic mass is 16.5. The van der Waals surface area contributed by atoms with Crippen molar-refractivity contribution in [1.29, 1.82) is 0 Å². The second kappa shape index (κ2) is 11.9. The van der Waals surface area contributed by atoms with Crippen LogP contribution in [0, 0.1) is 0 Å². The van der Waals surface area contributed by atoms with Crippen LogP contribution in [0.2, 0.25) is 0 Å². The maximum Gasteiger partial charge on any atom is 0.255 e. The van der Waals surface area contributed by atoms with Crippen LogP contribution in [0.5, 0.6) is 11.5 Å². The van der Waals surface area contributed by atoms with Crippen molar-refractivity contribution in [3.05, 3.63) is 83.7 Å². The summed E-state index contributed by atoms with van der Waals surface area (Å²) in [6.45, 7) is 9.91. The van der Waals surface area contributed by atoms with Crippen molar-refractivity contribution in [1.82, 2.24) is 9.88 Å². The zero-order valence-electron chi connectivity index (χ0n) is 19.0. The molecule has 0 saturated heterocycles. The first kappa shape index (κ1) is 23.3. The van der Waals surface area contributed by atoms with Crippen molar-refractivity contribution >= 4 is 11.6 Å². The van der Waals surface area contributed by atoms with Gasteiger partial charge in [-0.05, 0) is 73.6 Å². The number of anilines is 1. The molecule has 0 spiro atoms. The SMILES string of the molecule is CCOc1cc(C(=O)Nc2cccc(CN(CC)CC)c2)ccc1OCc1ccncc1. The molecule has 0 aliphatic carbocycles. The van der Waals surface area contributed by atoms with Gasteiger partial charge in [0.1, 0.15) is 6.61 Å². The summed E-state index contributed by atoms with van der Waals surface area (Å²) in [5.41, 5.74) is 3.46. The molecule has 0 fully saturated rings. The van der Waals surface area contributed by atoms with E-state index in [-0.39, 0.29) is 5.91 Å². The predicted molar refractivity (Wildman–Crippen MR) is 127 cm³/mol. The van der Waals surface area contributed by atoms with Crippen LogP contribution in [0.3, 0.4) is 0 Å². The lowest BCUT2D eigenvalue weighted by Crippen LogP contribution is -2.22. The Morgan fingerprint density at radius 1 is 0.906 bits per heavy atom. The van der Waals surface area contributed by atoms with Gasteiger partial charge >= 0.3 is 0 Å². The Labute approximate surface area is 190 Å². The van der Waals surface area contributed by atoms with Crippen LogP contribution in [-0.2, 0) is 13.2 Å². The number of nitrogens with one attached hydrogen (secondary N) is 1. The van der Waals surface area contributed by atoms with E-state index in [0.717, 1.165) is 30.9 Å². The molecule has 1 heterocycles. The highest BCUT2D eigenvalue weighted by Crippen LogP contribution is 2.29. The van der Waals surface area contributed by atoms with E-state index < -0.39 is 0 Å². The minimum absolute atomic E-state index is 0.188. The number of nitrogens with zero attached hydrogens (tertiary/aromatic N) is 2. The number of carbonyl (C=O) groups excluding carboxylic acids is 1. The number of benzene rings is 2. The lowest BCUT2D eigenvalue weighted by Gasteiger charge is -2.18. The molecule has 168 valence electrons. The van der Waals surface area contributed by atoms with Crippen molar-refractivity contribution in [2.45, 2.75) is 33.9 Å². The minimum atomic E-state index is -0.188. The molecule has 32 heavy (non-hydrogen) atoms. The Morgan fingerprint density at radius 3 is 2.41 bits per heavy atom. The number of rotatable bonds is 11. The fourth-order valence-electron chi connectivity index (χ4n) is 3.33. The smallest absolute Gasteiger partial charge is 0.255 e. The van der Waals surface area contributed by atoms with Gasteiger partial charge in [0, 0.05) is 30.2 Å². The van der Waals surface area contributed by atoms with Crippen molar-refractivity contribution in [2.75, 3.05) is 25.0 Å². The molecule has 3 rings (SSSR count). The number of amides is 1. The molecule has 0 aliphatic rings. The maximum atomic E-state index is 12.9. The monoisotopic (exact) mass is 433 g/mol. The van der Waals surface area contributed by atoms with Gasteiger partial charge in [0.2, 0.25) is 0 Å². The highest BCUT2D eigenvalue weighted by Gasteiger charge is 2.13. The van der Waals surface area contributed by atoms with Gasteiger partial charge in [-0.2, -0.15) is 0 Å². The van der Waals surface area contributed by atoms with E-state index in [9.17, 15) is 4.79 Å². The molecule has 0 bridgehead atoms. The first-order chi connectivity index (χ1) is 15.6. The summed E-state index contributed by atoms with van der Waals surface area (Å²) >= 11 is 0. The topological polar surface area (TPSA) is 63.7 Å². The largest absolute Gasteiger partial charge is 0.490 e. The molecule has 6 heteroatoms. The van der Waals surface area contributed by atoms with Crippen LogP contribution < -0.4 is 14.8 Å². The Morgan fingerprint density at radius 2 is 1.69 bits per heavy atom. The van der Waals surface area contributed by atoms with Crippen LogP contribution in [0.15, 0.2) is 67.0 Å². The third-order valence-corrected chi connectivity index (χ3v) is 5.13. The van der Waals surface area contributed by atoms with Crippen LogP contribution in [0.1, 0.15) is 42.3 Å². The zero-order valence-corrected chi connectivity index (χ0v) is 19.0. The first-order valence-electron chi connectivity index (χ1n) is 11.0. The van der Waals surface area contributed by atoms with Crippen LogP contribution in [0.25, 0.3) is 0 Å². The van der Waals surface area contributed by atoms with Crippen LogP contribution in [-0.4, -0.2) is 35.5 Å². The summed E-state index contributed by atoms with van der Waals surface area (Å²) in [4.78, 5) is 19.2. The molecule has 0 atom stereocenters. The number of aromatic nitrogens is 1. The number of hydrogen-bond acceptors (Lipinski definition) is 5. The summed E-state index contributed by atoms with van der Waals surface area (Å²) in [5, 5.41) is 2.99. The first-order valence-corrected chi connectivity index (χ1v) is 11.0. The van der Waals surface area contributed by atoms with Gasteiger partial charge in [0.25, 0.3) is 5.91 Å². The molecule has 1 aromatic heterocycles. The van der Waals surface area contributed by atoms with Crippen molar-refractivity contribution in [2.24, 2.45) is 0 Å². The summed E-state index contributed by atoms with van der Waals surface area (Å²) in [6.07, 6.45) is 3.46. The van der Waals surface area contributed by atoms with Gasteiger partial charge in [0.05, 0.1) is 6.61 Å². The summed E-state index contributed by atoms with van der Waals surface area (Å²) in [7, 11) is 0. The van der Waals surface area contributed by atoms with Crippen molar-refractivity contribution in [3.63, 3.8) is 0 Å². The molecule has 0 unspecified atom stereocenters. The Kier molecular flexibility index (Phi) is 8.63.